The third-order valence-electron chi connectivity index (χ3n) is 3.25. The van der Waals surface area contributed by atoms with E-state index in [0.717, 1.165) is 11.8 Å². The smallest absolute Gasteiger partial charge is 0.416 e. The summed E-state index contributed by atoms with van der Waals surface area (Å²) < 4.78 is 43.7. The van der Waals surface area contributed by atoms with E-state index in [0.29, 0.717) is 12.1 Å². The molecule has 0 saturated carbocycles. The second-order valence-corrected chi connectivity index (χ2v) is 5.29. The van der Waals surface area contributed by atoms with Crippen molar-refractivity contribution in [1.82, 2.24) is 10.4 Å². The maximum Gasteiger partial charge on any atom is 0.416 e. The van der Waals surface area contributed by atoms with Crippen molar-refractivity contribution in [2.24, 2.45) is 0 Å². The van der Waals surface area contributed by atoms with E-state index in [4.69, 9.17) is 4.74 Å². The van der Waals surface area contributed by atoms with Gasteiger partial charge in [-0.05, 0) is 38.5 Å². The molecule has 1 aliphatic heterocycles. The first kappa shape index (κ1) is 15.7. The maximum absolute atomic E-state index is 12.7. The minimum atomic E-state index is -4.32. The summed E-state index contributed by atoms with van der Waals surface area (Å²) in [7, 11) is 0. The first-order valence-corrected chi connectivity index (χ1v) is 6.81. The summed E-state index contributed by atoms with van der Waals surface area (Å²) >= 11 is 0. The van der Waals surface area contributed by atoms with E-state index in [1.54, 1.807) is 6.07 Å². The van der Waals surface area contributed by atoms with Gasteiger partial charge in [0.1, 0.15) is 11.9 Å². The first-order valence-electron chi connectivity index (χ1n) is 6.81. The largest absolute Gasteiger partial charge is 0.492 e. The van der Waals surface area contributed by atoms with Crippen LogP contribution in [0.1, 0.15) is 37.9 Å². The molecule has 2 unspecified atom stereocenters. The van der Waals surface area contributed by atoms with Crippen LogP contribution in [0, 0.1) is 0 Å². The van der Waals surface area contributed by atoms with Crippen molar-refractivity contribution >= 4 is 0 Å². The van der Waals surface area contributed by atoms with Crippen LogP contribution in [0.5, 0.6) is 0 Å². The number of hydrazine groups is 1. The van der Waals surface area contributed by atoms with E-state index >= 15 is 0 Å². The summed E-state index contributed by atoms with van der Waals surface area (Å²) in [6, 6.07) is 5.14. The fraction of sp³-hybridized carbons (Fsp3) is 0.467. The molecule has 1 aromatic carbocycles. The van der Waals surface area contributed by atoms with E-state index < -0.39 is 11.7 Å². The molecule has 3 nitrogen and oxygen atoms in total. The summed E-state index contributed by atoms with van der Waals surface area (Å²) in [6.45, 7) is 6.26. The molecule has 0 radical (unpaired) electrons. The molecule has 1 aliphatic rings. The lowest BCUT2D eigenvalue weighted by Crippen LogP contribution is -2.43. The van der Waals surface area contributed by atoms with E-state index in [1.165, 1.54) is 12.1 Å². The average Bonchev–Trinajstić information content (AvgIpc) is 2.36. The number of nitrogens with one attached hydrogen (secondary N) is 1. The minimum Gasteiger partial charge on any atom is -0.492 e. The number of rotatable bonds is 3. The predicted octanol–water partition coefficient (Wildman–Crippen LogP) is 3.85. The highest BCUT2D eigenvalue weighted by atomic mass is 19.4. The second kappa shape index (κ2) is 5.97. The molecule has 0 saturated heterocycles. The van der Waals surface area contributed by atoms with Crippen molar-refractivity contribution in [2.75, 3.05) is 6.54 Å². The fourth-order valence-electron chi connectivity index (χ4n) is 2.33. The van der Waals surface area contributed by atoms with E-state index in [-0.39, 0.29) is 12.1 Å². The number of allylic oxidation sites excluding steroid dienone is 1. The van der Waals surface area contributed by atoms with Gasteiger partial charge in [-0.25, -0.2) is 5.43 Å². The highest BCUT2D eigenvalue weighted by Gasteiger charge is 2.30. The number of hydrogen-bond donors (Lipinski definition) is 1. The molecule has 2 rings (SSSR count). The lowest BCUT2D eigenvalue weighted by Gasteiger charge is -2.33. The van der Waals surface area contributed by atoms with Gasteiger partial charge < -0.3 is 9.75 Å². The Morgan fingerprint density at radius 3 is 2.71 bits per heavy atom. The molecule has 1 heterocycles. The van der Waals surface area contributed by atoms with Crippen LogP contribution in [0.25, 0.3) is 0 Å². The van der Waals surface area contributed by atoms with Crippen molar-refractivity contribution < 1.29 is 17.9 Å². The SMILES string of the molecule is CC1=CN(NC(C)c2cccc(C(F)(F)F)c2)CC(C)O1. The molecule has 0 aliphatic carbocycles. The molecule has 0 bridgehead atoms. The van der Waals surface area contributed by atoms with Crippen molar-refractivity contribution in [3.8, 4) is 0 Å². The molecular formula is C15H19F3N2O. The van der Waals surface area contributed by atoms with E-state index in [2.05, 4.69) is 5.43 Å². The van der Waals surface area contributed by atoms with Crippen LogP contribution in [-0.4, -0.2) is 17.7 Å². The van der Waals surface area contributed by atoms with Gasteiger partial charge in [-0.3, -0.25) is 0 Å². The highest BCUT2D eigenvalue weighted by Crippen LogP contribution is 2.30. The zero-order valence-corrected chi connectivity index (χ0v) is 12.2. The Bertz CT molecular complexity index is 528. The Balaban J connectivity index is 2.10. The second-order valence-electron chi connectivity index (χ2n) is 5.29. The van der Waals surface area contributed by atoms with Gasteiger partial charge in [0.25, 0.3) is 0 Å². The zero-order valence-electron chi connectivity index (χ0n) is 12.2. The highest BCUT2D eigenvalue weighted by molar-refractivity contribution is 5.27. The number of benzene rings is 1. The molecule has 0 aromatic heterocycles. The molecule has 1 aromatic rings. The lowest BCUT2D eigenvalue weighted by molar-refractivity contribution is -0.137. The molecule has 6 heteroatoms. The number of halogens is 3. The van der Waals surface area contributed by atoms with E-state index in [9.17, 15) is 13.2 Å². The first-order chi connectivity index (χ1) is 9.75. The van der Waals surface area contributed by atoms with Gasteiger partial charge >= 0.3 is 6.18 Å². The van der Waals surface area contributed by atoms with Crippen LogP contribution in [-0.2, 0) is 10.9 Å². The van der Waals surface area contributed by atoms with Crippen LogP contribution in [0.2, 0.25) is 0 Å². The van der Waals surface area contributed by atoms with Gasteiger partial charge in [-0.1, -0.05) is 12.1 Å². The molecule has 2 atom stereocenters. The lowest BCUT2D eigenvalue weighted by atomic mass is 10.1. The summed E-state index contributed by atoms with van der Waals surface area (Å²) in [5, 5.41) is 1.86. The molecule has 116 valence electrons. The van der Waals surface area contributed by atoms with Crippen molar-refractivity contribution in [3.05, 3.63) is 47.4 Å². The Kier molecular flexibility index (Phi) is 4.46. The van der Waals surface area contributed by atoms with Gasteiger partial charge in [0.2, 0.25) is 0 Å². The fourth-order valence-corrected chi connectivity index (χ4v) is 2.33. The van der Waals surface area contributed by atoms with Crippen LogP contribution in [0.3, 0.4) is 0 Å². The van der Waals surface area contributed by atoms with Gasteiger partial charge in [0.15, 0.2) is 0 Å². The van der Waals surface area contributed by atoms with Gasteiger partial charge in [0, 0.05) is 6.04 Å². The van der Waals surface area contributed by atoms with Crippen LogP contribution in [0.15, 0.2) is 36.2 Å². The van der Waals surface area contributed by atoms with Crippen LogP contribution < -0.4 is 5.43 Å². The predicted molar refractivity (Wildman–Crippen MR) is 74.0 cm³/mol. The number of nitrogens with zero attached hydrogens (tertiary/aromatic N) is 1. The molecule has 0 fully saturated rings. The molecule has 1 N–H and O–H groups in total. The molecule has 21 heavy (non-hydrogen) atoms. The molecule has 0 spiro atoms. The summed E-state index contributed by atoms with van der Waals surface area (Å²) in [5.74, 6) is 0.775. The van der Waals surface area contributed by atoms with Gasteiger partial charge in [-0.2, -0.15) is 13.2 Å². The Morgan fingerprint density at radius 2 is 2.10 bits per heavy atom. The average molecular weight is 300 g/mol. The van der Waals surface area contributed by atoms with Crippen LogP contribution in [0.4, 0.5) is 13.2 Å². The quantitative estimate of drug-likeness (QED) is 0.917. The normalized spacial score (nSPS) is 20.8. The van der Waals surface area contributed by atoms with Gasteiger partial charge in [-0.15, -0.1) is 0 Å². The Morgan fingerprint density at radius 1 is 1.38 bits per heavy atom. The summed E-state index contributed by atoms with van der Waals surface area (Å²) in [4.78, 5) is 0. The topological polar surface area (TPSA) is 24.5 Å². The van der Waals surface area contributed by atoms with Crippen molar-refractivity contribution in [2.45, 2.75) is 39.1 Å². The standard InChI is InChI=1S/C15H19F3N2O/c1-10-8-20(9-11(2)21-10)19-12(3)13-5-4-6-14(7-13)15(16,17)18/h4-8,11-12,19H,9H2,1-3H3. The van der Waals surface area contributed by atoms with Crippen molar-refractivity contribution in [1.29, 1.82) is 0 Å². The maximum atomic E-state index is 12.7. The van der Waals surface area contributed by atoms with Crippen molar-refractivity contribution in [3.63, 3.8) is 0 Å². The number of ether oxygens (including phenoxy) is 1. The Labute approximate surface area is 122 Å². The van der Waals surface area contributed by atoms with E-state index in [1.807, 2.05) is 32.0 Å². The Hall–Kier alpha value is -1.69. The van der Waals surface area contributed by atoms with Gasteiger partial charge in [0.05, 0.1) is 18.3 Å². The summed E-state index contributed by atoms with van der Waals surface area (Å²) in [5.41, 5.74) is 3.15. The summed E-state index contributed by atoms with van der Waals surface area (Å²) in [6.07, 6.45) is -2.47. The monoisotopic (exact) mass is 300 g/mol. The molecule has 0 amide bonds. The number of hydrogen-bond acceptors (Lipinski definition) is 3. The third kappa shape index (κ3) is 4.14. The molecular weight excluding hydrogens is 281 g/mol. The number of alkyl halides is 3. The minimum absolute atomic E-state index is 0.0382. The zero-order chi connectivity index (χ0) is 15.6. The van der Waals surface area contributed by atoms with Crippen LogP contribution >= 0.6 is 0 Å². The third-order valence-corrected chi connectivity index (χ3v) is 3.25.